The summed E-state index contributed by atoms with van der Waals surface area (Å²) in [5, 5.41) is 8.56. The number of rotatable bonds is 4. The van der Waals surface area contributed by atoms with Crippen LogP contribution in [0.15, 0.2) is 30.6 Å². The summed E-state index contributed by atoms with van der Waals surface area (Å²) in [4.78, 5) is 17.1. The number of carbonyl (C=O) groups is 1. The molecule has 3 heterocycles. The second kappa shape index (κ2) is 6.38. The number of carbonyl (C=O) groups excluding carboxylic acids is 1. The molecule has 7 nitrogen and oxygen atoms in total. The van der Waals surface area contributed by atoms with Gasteiger partial charge in [-0.3, -0.25) is 4.79 Å². The van der Waals surface area contributed by atoms with Gasteiger partial charge in [-0.05, 0) is 37.8 Å². The fourth-order valence-corrected chi connectivity index (χ4v) is 4.28. The second-order valence-corrected chi connectivity index (χ2v) is 6.61. The van der Waals surface area contributed by atoms with Gasteiger partial charge in [0, 0.05) is 12.1 Å². The molecule has 1 aromatic heterocycles. The Morgan fingerprint density at radius 3 is 2.32 bits per heavy atom. The fraction of sp³-hybridized carbons (Fsp3) is 0.500. The minimum atomic E-state index is 0.0233. The molecule has 2 fully saturated rings. The van der Waals surface area contributed by atoms with Gasteiger partial charge in [-0.15, -0.1) is 0 Å². The largest absolute Gasteiger partial charge is 0.493 e. The van der Waals surface area contributed by atoms with Crippen LogP contribution in [0.1, 0.15) is 42.1 Å². The van der Waals surface area contributed by atoms with Crippen molar-refractivity contribution >= 4 is 5.91 Å². The van der Waals surface area contributed by atoms with Crippen LogP contribution in [-0.4, -0.2) is 52.1 Å². The maximum atomic E-state index is 13.3. The number of amides is 1. The van der Waals surface area contributed by atoms with Crippen molar-refractivity contribution in [1.29, 1.82) is 0 Å². The minimum absolute atomic E-state index is 0.0233. The van der Waals surface area contributed by atoms with Gasteiger partial charge >= 0.3 is 0 Å². The van der Waals surface area contributed by atoms with Gasteiger partial charge in [-0.25, -0.2) is 0 Å². The lowest BCUT2D eigenvalue weighted by molar-refractivity contribution is 0.0508. The first-order chi connectivity index (χ1) is 12.2. The Morgan fingerprint density at radius 1 is 1.04 bits per heavy atom. The summed E-state index contributed by atoms with van der Waals surface area (Å²) in [7, 11) is 3.15. The molecule has 1 aromatic carbocycles. The van der Waals surface area contributed by atoms with Crippen molar-refractivity contribution in [3.05, 3.63) is 36.2 Å². The lowest BCUT2D eigenvalue weighted by Crippen LogP contribution is -2.47. The molecule has 2 bridgehead atoms. The third-order valence-corrected chi connectivity index (χ3v) is 5.34. The highest BCUT2D eigenvalue weighted by atomic mass is 16.5. The van der Waals surface area contributed by atoms with E-state index in [0.717, 1.165) is 25.7 Å². The normalized spacial score (nSPS) is 25.0. The van der Waals surface area contributed by atoms with Crippen LogP contribution in [0.4, 0.5) is 0 Å². The Labute approximate surface area is 146 Å². The van der Waals surface area contributed by atoms with E-state index in [2.05, 4.69) is 10.2 Å². The predicted octanol–water partition coefficient (Wildman–Crippen LogP) is 2.30. The molecule has 2 unspecified atom stereocenters. The summed E-state index contributed by atoms with van der Waals surface area (Å²) < 4.78 is 10.8. The van der Waals surface area contributed by atoms with E-state index in [9.17, 15) is 4.79 Å². The highest BCUT2D eigenvalue weighted by molar-refractivity contribution is 5.98. The molecule has 0 N–H and O–H groups in total. The molecule has 0 aliphatic carbocycles. The van der Waals surface area contributed by atoms with Crippen LogP contribution in [0, 0.1) is 0 Å². The smallest absolute Gasteiger partial charge is 0.258 e. The molecule has 0 spiro atoms. The third-order valence-electron chi connectivity index (χ3n) is 5.34. The summed E-state index contributed by atoms with van der Waals surface area (Å²) in [5.74, 6) is 1.11. The lowest BCUT2D eigenvalue weighted by atomic mass is 9.96. The average Bonchev–Trinajstić information content (AvgIpc) is 3.27. The van der Waals surface area contributed by atoms with Gasteiger partial charge in [-0.1, -0.05) is 6.07 Å². The first-order valence-electron chi connectivity index (χ1n) is 8.62. The van der Waals surface area contributed by atoms with Crippen LogP contribution >= 0.6 is 0 Å². The van der Waals surface area contributed by atoms with E-state index in [-0.39, 0.29) is 24.0 Å². The first-order valence-corrected chi connectivity index (χ1v) is 8.62. The Bertz CT molecular complexity index is 748. The molecule has 2 saturated heterocycles. The van der Waals surface area contributed by atoms with Gasteiger partial charge < -0.3 is 14.4 Å². The molecule has 7 heteroatoms. The molecule has 2 atom stereocenters. The number of hydrogen-bond acceptors (Lipinski definition) is 5. The third kappa shape index (κ3) is 2.63. The Kier molecular flexibility index (Phi) is 4.07. The highest BCUT2D eigenvalue weighted by Gasteiger charge is 2.45. The number of hydrogen-bond donors (Lipinski definition) is 0. The number of piperidine rings is 1. The Balaban J connectivity index is 1.60. The van der Waals surface area contributed by atoms with E-state index >= 15 is 0 Å². The van der Waals surface area contributed by atoms with Crippen molar-refractivity contribution in [2.45, 2.75) is 43.8 Å². The maximum Gasteiger partial charge on any atom is 0.258 e. The Hall–Kier alpha value is -2.57. The molecule has 2 aliphatic rings. The van der Waals surface area contributed by atoms with Crippen molar-refractivity contribution in [1.82, 2.24) is 19.9 Å². The maximum absolute atomic E-state index is 13.3. The van der Waals surface area contributed by atoms with E-state index < -0.39 is 0 Å². The van der Waals surface area contributed by atoms with Gasteiger partial charge in [0.25, 0.3) is 5.91 Å². The fourth-order valence-electron chi connectivity index (χ4n) is 4.28. The summed E-state index contributed by atoms with van der Waals surface area (Å²) in [6.07, 6.45) is 7.26. The monoisotopic (exact) mass is 342 g/mol. The number of nitrogens with zero attached hydrogens (tertiary/aromatic N) is 4. The van der Waals surface area contributed by atoms with Gasteiger partial charge in [0.05, 0.1) is 38.2 Å². The number of ether oxygens (including phenoxy) is 2. The topological polar surface area (TPSA) is 69.5 Å². The molecule has 2 aliphatic heterocycles. The van der Waals surface area contributed by atoms with Gasteiger partial charge in [0.15, 0.2) is 11.5 Å². The van der Waals surface area contributed by atoms with E-state index in [1.54, 1.807) is 37.5 Å². The molecule has 1 amide bonds. The second-order valence-electron chi connectivity index (χ2n) is 6.61. The standard InChI is InChI=1S/C18H22N4O3/c1-24-16-5-3-4-15(17(16)25-2)18(23)21-12-6-7-13(21)11-14(10-12)22-19-8-9-20-22/h3-5,8-9,12-14H,6-7,10-11H2,1-2H3. The van der Waals surface area contributed by atoms with Crippen molar-refractivity contribution in [2.75, 3.05) is 14.2 Å². The number of fused-ring (bicyclic) bond motifs is 2. The molecular weight excluding hydrogens is 320 g/mol. The molecule has 2 aromatic rings. The van der Waals surface area contributed by atoms with E-state index in [0.29, 0.717) is 17.1 Å². The van der Waals surface area contributed by atoms with Gasteiger partial charge in [-0.2, -0.15) is 15.0 Å². The number of aromatic nitrogens is 3. The SMILES string of the molecule is COc1cccc(C(=O)N2C3CCC2CC(n2nccn2)C3)c1OC. The van der Waals surface area contributed by atoms with Crippen LogP contribution in [0.3, 0.4) is 0 Å². The van der Waals surface area contributed by atoms with Crippen LogP contribution in [0.25, 0.3) is 0 Å². The van der Waals surface area contributed by atoms with Crippen LogP contribution in [-0.2, 0) is 0 Å². The number of benzene rings is 1. The van der Waals surface area contributed by atoms with Crippen LogP contribution in [0.5, 0.6) is 11.5 Å². The van der Waals surface area contributed by atoms with Crippen LogP contribution in [0.2, 0.25) is 0 Å². The molecule has 0 saturated carbocycles. The lowest BCUT2D eigenvalue weighted by Gasteiger charge is -2.38. The zero-order valence-corrected chi connectivity index (χ0v) is 14.5. The molecule has 4 rings (SSSR count). The predicted molar refractivity (Wildman–Crippen MR) is 90.8 cm³/mol. The van der Waals surface area contributed by atoms with Crippen molar-refractivity contribution in [3.8, 4) is 11.5 Å². The van der Waals surface area contributed by atoms with Gasteiger partial charge in [0.1, 0.15) is 0 Å². The number of methoxy groups -OCH3 is 2. The Morgan fingerprint density at radius 2 is 1.72 bits per heavy atom. The quantitative estimate of drug-likeness (QED) is 0.853. The molecule has 132 valence electrons. The number of para-hydroxylation sites is 1. The average molecular weight is 342 g/mol. The summed E-state index contributed by atoms with van der Waals surface area (Å²) in [6, 6.07) is 6.15. The van der Waals surface area contributed by atoms with E-state index in [4.69, 9.17) is 9.47 Å². The summed E-state index contributed by atoms with van der Waals surface area (Å²) >= 11 is 0. The zero-order chi connectivity index (χ0) is 17.4. The first kappa shape index (κ1) is 15.9. The van der Waals surface area contributed by atoms with Crippen molar-refractivity contribution < 1.29 is 14.3 Å². The highest BCUT2D eigenvalue weighted by Crippen LogP contribution is 2.42. The molecule has 25 heavy (non-hydrogen) atoms. The summed E-state index contributed by atoms with van der Waals surface area (Å²) in [5.41, 5.74) is 0.564. The van der Waals surface area contributed by atoms with Gasteiger partial charge in [0.2, 0.25) is 0 Å². The zero-order valence-electron chi connectivity index (χ0n) is 14.5. The minimum Gasteiger partial charge on any atom is -0.493 e. The van der Waals surface area contributed by atoms with E-state index in [1.807, 2.05) is 17.0 Å². The molecule has 0 radical (unpaired) electrons. The van der Waals surface area contributed by atoms with Crippen molar-refractivity contribution in [3.63, 3.8) is 0 Å². The van der Waals surface area contributed by atoms with E-state index in [1.165, 1.54) is 0 Å². The van der Waals surface area contributed by atoms with Crippen molar-refractivity contribution in [2.24, 2.45) is 0 Å². The van der Waals surface area contributed by atoms with Crippen LogP contribution < -0.4 is 9.47 Å². The molecular formula is C18H22N4O3. The summed E-state index contributed by atoms with van der Waals surface area (Å²) in [6.45, 7) is 0.